The fraction of sp³-hybridized carbons (Fsp3) is 0.455. The molecule has 1 aliphatic heterocycles. The lowest BCUT2D eigenvalue weighted by Gasteiger charge is -2.23. The highest BCUT2D eigenvalue weighted by atomic mass is 35.5. The Morgan fingerprint density at radius 1 is 1.53 bits per heavy atom. The van der Waals surface area contributed by atoms with Crippen LogP contribution in [0.15, 0.2) is 18.2 Å². The van der Waals surface area contributed by atoms with E-state index in [1.165, 1.54) is 0 Å². The molecule has 1 saturated heterocycles. The van der Waals surface area contributed by atoms with Crippen molar-refractivity contribution in [3.63, 3.8) is 0 Å². The average molecular weight is 228 g/mol. The predicted octanol–water partition coefficient (Wildman–Crippen LogP) is 1.53. The molecule has 0 saturated carbocycles. The Hall–Kier alpha value is -0.770. The van der Waals surface area contributed by atoms with Gasteiger partial charge in [-0.05, 0) is 31.2 Å². The van der Waals surface area contributed by atoms with Gasteiger partial charge in [0.15, 0.2) is 0 Å². The first-order chi connectivity index (χ1) is 7.15. The summed E-state index contributed by atoms with van der Waals surface area (Å²) in [5, 5.41) is 14.1. The molecule has 2 N–H and O–H groups in total. The third kappa shape index (κ3) is 1.95. The maximum atomic E-state index is 10.4. The second kappa shape index (κ2) is 4.00. The molecule has 0 amide bonds. The highest BCUT2D eigenvalue weighted by Gasteiger charge is 2.34. The van der Waals surface area contributed by atoms with Gasteiger partial charge in [0.1, 0.15) is 11.4 Å². The lowest BCUT2D eigenvalue weighted by atomic mass is 9.93. The zero-order valence-corrected chi connectivity index (χ0v) is 9.34. The minimum Gasteiger partial charge on any atom is -0.497 e. The summed E-state index contributed by atoms with van der Waals surface area (Å²) in [6.45, 7) is 1.35. The summed E-state index contributed by atoms with van der Waals surface area (Å²) in [5.74, 6) is 0.717. The average Bonchev–Trinajstić information content (AvgIpc) is 2.67. The summed E-state index contributed by atoms with van der Waals surface area (Å²) in [6.07, 6.45) is 0.680. The van der Waals surface area contributed by atoms with Crippen molar-refractivity contribution in [1.29, 1.82) is 0 Å². The van der Waals surface area contributed by atoms with Gasteiger partial charge in [-0.2, -0.15) is 0 Å². The Labute approximate surface area is 94.0 Å². The van der Waals surface area contributed by atoms with Crippen LogP contribution in [0.5, 0.6) is 5.75 Å². The molecule has 0 spiro atoms. The van der Waals surface area contributed by atoms with E-state index in [4.69, 9.17) is 16.3 Å². The molecule has 15 heavy (non-hydrogen) atoms. The fourth-order valence-corrected chi connectivity index (χ4v) is 2.19. The Bertz CT molecular complexity index is 362. The van der Waals surface area contributed by atoms with Crippen molar-refractivity contribution in [2.24, 2.45) is 0 Å². The molecule has 3 nitrogen and oxygen atoms in total. The molecule has 1 fully saturated rings. The summed E-state index contributed by atoms with van der Waals surface area (Å²) in [7, 11) is 1.60. The number of halogens is 1. The quantitative estimate of drug-likeness (QED) is 0.805. The van der Waals surface area contributed by atoms with Crippen LogP contribution in [-0.2, 0) is 5.60 Å². The minimum atomic E-state index is -0.856. The summed E-state index contributed by atoms with van der Waals surface area (Å²) in [5.41, 5.74) is -0.112. The van der Waals surface area contributed by atoms with Gasteiger partial charge in [-0.3, -0.25) is 0 Å². The van der Waals surface area contributed by atoms with Gasteiger partial charge in [0.05, 0.1) is 7.11 Å². The van der Waals surface area contributed by atoms with Gasteiger partial charge in [-0.15, -0.1) is 0 Å². The van der Waals surface area contributed by atoms with Crippen LogP contribution < -0.4 is 10.1 Å². The van der Waals surface area contributed by atoms with Gasteiger partial charge >= 0.3 is 0 Å². The van der Waals surface area contributed by atoms with E-state index in [1.807, 2.05) is 0 Å². The SMILES string of the molecule is COc1ccc(Cl)c(C2(O)CCNC2)c1. The van der Waals surface area contributed by atoms with Crippen LogP contribution in [-0.4, -0.2) is 25.3 Å². The molecular weight excluding hydrogens is 214 g/mol. The lowest BCUT2D eigenvalue weighted by Crippen LogP contribution is -2.28. The molecule has 82 valence electrons. The fourth-order valence-electron chi connectivity index (χ4n) is 1.90. The van der Waals surface area contributed by atoms with Gasteiger partial charge in [0.2, 0.25) is 0 Å². The van der Waals surface area contributed by atoms with Crippen LogP contribution in [0.3, 0.4) is 0 Å². The van der Waals surface area contributed by atoms with Gasteiger partial charge in [0.25, 0.3) is 0 Å². The predicted molar refractivity (Wildman–Crippen MR) is 59.4 cm³/mol. The van der Waals surface area contributed by atoms with Crippen molar-refractivity contribution in [2.75, 3.05) is 20.2 Å². The number of benzene rings is 1. The Balaban J connectivity index is 2.41. The molecule has 1 aromatic rings. The Kier molecular flexibility index (Phi) is 2.87. The van der Waals surface area contributed by atoms with Crippen molar-refractivity contribution in [1.82, 2.24) is 5.32 Å². The van der Waals surface area contributed by atoms with Gasteiger partial charge in [-0.1, -0.05) is 11.6 Å². The summed E-state index contributed by atoms with van der Waals surface area (Å²) >= 11 is 6.08. The maximum absolute atomic E-state index is 10.4. The van der Waals surface area contributed by atoms with Crippen LogP contribution in [0.4, 0.5) is 0 Å². The first kappa shape index (κ1) is 10.7. The molecule has 1 heterocycles. The first-order valence-electron chi connectivity index (χ1n) is 4.93. The molecule has 0 radical (unpaired) electrons. The van der Waals surface area contributed by atoms with Crippen LogP contribution in [0.25, 0.3) is 0 Å². The van der Waals surface area contributed by atoms with Crippen molar-refractivity contribution < 1.29 is 9.84 Å². The molecule has 2 rings (SSSR count). The number of methoxy groups -OCH3 is 1. The molecular formula is C11H14ClNO2. The first-order valence-corrected chi connectivity index (χ1v) is 5.31. The van der Waals surface area contributed by atoms with E-state index >= 15 is 0 Å². The summed E-state index contributed by atoms with van der Waals surface area (Å²) in [4.78, 5) is 0. The van der Waals surface area contributed by atoms with E-state index in [0.717, 1.165) is 17.9 Å². The smallest absolute Gasteiger partial charge is 0.119 e. The zero-order chi connectivity index (χ0) is 10.9. The number of β-amino-alcohol motifs (C(OH)–C–C–N with tert-alkyl or cyclic N) is 1. The minimum absolute atomic E-state index is 0.542. The zero-order valence-electron chi connectivity index (χ0n) is 8.59. The molecule has 0 aliphatic carbocycles. The third-order valence-electron chi connectivity index (χ3n) is 2.81. The molecule has 1 aliphatic rings. The standard InChI is InChI=1S/C11H14ClNO2/c1-15-8-2-3-10(12)9(6-8)11(14)4-5-13-7-11/h2-3,6,13-14H,4-5,7H2,1H3. The Morgan fingerprint density at radius 2 is 2.33 bits per heavy atom. The second-order valence-electron chi connectivity index (χ2n) is 3.80. The number of aliphatic hydroxyl groups is 1. The normalized spacial score (nSPS) is 25.5. The number of rotatable bonds is 2. The third-order valence-corrected chi connectivity index (χ3v) is 3.14. The van der Waals surface area contributed by atoms with Crippen molar-refractivity contribution in [3.8, 4) is 5.75 Å². The van der Waals surface area contributed by atoms with Crippen molar-refractivity contribution in [3.05, 3.63) is 28.8 Å². The van der Waals surface area contributed by atoms with Gasteiger partial charge < -0.3 is 15.2 Å². The van der Waals surface area contributed by atoms with Crippen LogP contribution in [0.2, 0.25) is 5.02 Å². The number of hydrogen-bond donors (Lipinski definition) is 2. The Morgan fingerprint density at radius 3 is 2.93 bits per heavy atom. The molecule has 1 unspecified atom stereocenters. The van der Waals surface area contributed by atoms with Crippen LogP contribution >= 0.6 is 11.6 Å². The van der Waals surface area contributed by atoms with Crippen molar-refractivity contribution in [2.45, 2.75) is 12.0 Å². The number of nitrogens with one attached hydrogen (secondary N) is 1. The van der Waals surface area contributed by atoms with E-state index in [-0.39, 0.29) is 0 Å². The van der Waals surface area contributed by atoms with E-state index in [2.05, 4.69) is 5.32 Å². The maximum Gasteiger partial charge on any atom is 0.119 e. The van der Waals surface area contributed by atoms with Crippen LogP contribution in [0.1, 0.15) is 12.0 Å². The monoisotopic (exact) mass is 227 g/mol. The summed E-state index contributed by atoms with van der Waals surface area (Å²) in [6, 6.07) is 5.35. The van der Waals surface area contributed by atoms with Gasteiger partial charge in [0, 0.05) is 17.1 Å². The number of hydrogen-bond acceptors (Lipinski definition) is 3. The molecule has 4 heteroatoms. The highest BCUT2D eigenvalue weighted by molar-refractivity contribution is 6.31. The second-order valence-corrected chi connectivity index (χ2v) is 4.21. The van der Waals surface area contributed by atoms with Crippen molar-refractivity contribution >= 4 is 11.6 Å². The largest absolute Gasteiger partial charge is 0.497 e. The number of ether oxygens (including phenoxy) is 1. The molecule has 0 bridgehead atoms. The van der Waals surface area contributed by atoms with Gasteiger partial charge in [-0.25, -0.2) is 0 Å². The molecule has 0 aromatic heterocycles. The highest BCUT2D eigenvalue weighted by Crippen LogP contribution is 2.35. The van der Waals surface area contributed by atoms with E-state index in [0.29, 0.717) is 18.0 Å². The van der Waals surface area contributed by atoms with E-state index in [1.54, 1.807) is 25.3 Å². The topological polar surface area (TPSA) is 41.5 Å². The summed E-state index contributed by atoms with van der Waals surface area (Å²) < 4.78 is 5.12. The van der Waals surface area contributed by atoms with E-state index < -0.39 is 5.60 Å². The van der Waals surface area contributed by atoms with Crippen LogP contribution in [0, 0.1) is 0 Å². The van der Waals surface area contributed by atoms with E-state index in [9.17, 15) is 5.11 Å². The molecule has 1 atom stereocenters. The lowest BCUT2D eigenvalue weighted by molar-refractivity contribution is 0.0586. The molecule has 1 aromatic carbocycles.